The molecule has 0 unspecified atom stereocenters. The first kappa shape index (κ1) is 28.4. The van der Waals surface area contributed by atoms with E-state index in [0.717, 1.165) is 24.3 Å². The van der Waals surface area contributed by atoms with Gasteiger partial charge in [-0.1, -0.05) is 25.5 Å². The van der Waals surface area contributed by atoms with E-state index in [9.17, 15) is 30.7 Å². The van der Waals surface area contributed by atoms with Gasteiger partial charge >= 0.3 is 0 Å². The fourth-order valence-electron chi connectivity index (χ4n) is 4.82. The Labute approximate surface area is 222 Å². The predicted octanol–water partition coefficient (Wildman–Crippen LogP) is 9.75. The molecule has 0 radical (unpaired) electrons. The molecule has 0 N–H and O–H groups in total. The molecular formula is C28H13F12N. The average Bonchev–Trinajstić information content (AvgIpc) is 2.93. The minimum Gasteiger partial charge on any atom is -0.334 e. The standard InChI is InChI=1S/C28H13F12N/c1-2-3-7-41(28-21(35)15-14(20(34)25(28)39)18(32)22(36)23(37)19(15)33)27-10-8-9-5-4-6-11(29)12(9)16(30)13(10)17(31)24(38)26(27)40/h4-6,8H,2-3,7H2,1H3. The number of hydrogen-bond donors (Lipinski definition) is 0. The molecule has 0 aliphatic rings. The third-order valence-corrected chi connectivity index (χ3v) is 6.71. The molecule has 0 saturated carbocycles. The van der Waals surface area contributed by atoms with Crippen molar-refractivity contribution in [2.75, 3.05) is 11.4 Å². The lowest BCUT2D eigenvalue weighted by atomic mass is 9.98. The molecule has 214 valence electrons. The maximum absolute atomic E-state index is 15.8. The van der Waals surface area contributed by atoms with Gasteiger partial charge in [0.25, 0.3) is 0 Å². The highest BCUT2D eigenvalue weighted by molar-refractivity contribution is 6.06. The van der Waals surface area contributed by atoms with Crippen LogP contribution in [0.5, 0.6) is 0 Å². The topological polar surface area (TPSA) is 3.24 Å². The summed E-state index contributed by atoms with van der Waals surface area (Å²) in [6.07, 6.45) is 0.0299. The van der Waals surface area contributed by atoms with Crippen LogP contribution in [-0.4, -0.2) is 6.54 Å². The minimum atomic E-state index is -2.58. The molecule has 0 amide bonds. The molecule has 41 heavy (non-hydrogen) atoms. The zero-order valence-electron chi connectivity index (χ0n) is 20.4. The van der Waals surface area contributed by atoms with Crippen molar-refractivity contribution < 1.29 is 52.7 Å². The second-order valence-corrected chi connectivity index (χ2v) is 9.04. The highest BCUT2D eigenvalue weighted by Crippen LogP contribution is 2.45. The SMILES string of the molecule is CCCCN(c1c(F)c(F)c2c(F)c(F)c(F)c(F)c2c1F)c1c(F)c(F)c(F)c2c(F)c3c(F)cccc3cc12. The Morgan fingerprint density at radius 2 is 1.02 bits per heavy atom. The summed E-state index contributed by atoms with van der Waals surface area (Å²) in [6, 6.07) is 3.77. The van der Waals surface area contributed by atoms with Crippen LogP contribution in [0.25, 0.3) is 32.3 Å². The number of hydrogen-bond acceptors (Lipinski definition) is 1. The summed E-state index contributed by atoms with van der Waals surface area (Å²) in [5.74, 6) is -26.7. The molecule has 1 nitrogen and oxygen atoms in total. The summed E-state index contributed by atoms with van der Waals surface area (Å²) in [6.45, 7) is 0.775. The van der Waals surface area contributed by atoms with E-state index in [4.69, 9.17) is 0 Å². The molecule has 0 aromatic heterocycles. The first-order chi connectivity index (χ1) is 19.3. The number of benzene rings is 5. The van der Waals surface area contributed by atoms with Gasteiger partial charge in [0, 0.05) is 11.9 Å². The Kier molecular flexibility index (Phi) is 6.94. The van der Waals surface area contributed by atoms with Gasteiger partial charge < -0.3 is 4.90 Å². The van der Waals surface area contributed by atoms with Crippen molar-refractivity contribution in [1.29, 1.82) is 0 Å². The van der Waals surface area contributed by atoms with Gasteiger partial charge in [0.05, 0.1) is 27.2 Å². The highest BCUT2D eigenvalue weighted by Gasteiger charge is 2.35. The van der Waals surface area contributed by atoms with E-state index in [0.29, 0.717) is 0 Å². The summed E-state index contributed by atoms with van der Waals surface area (Å²) in [5, 5.41) is -7.25. The molecular weight excluding hydrogens is 578 g/mol. The van der Waals surface area contributed by atoms with Crippen LogP contribution in [0, 0.1) is 69.8 Å². The Bertz CT molecular complexity index is 1920. The highest BCUT2D eigenvalue weighted by atomic mass is 19.2. The zero-order valence-corrected chi connectivity index (χ0v) is 20.4. The minimum absolute atomic E-state index is 0.141. The van der Waals surface area contributed by atoms with Crippen LogP contribution in [-0.2, 0) is 0 Å². The number of unbranched alkanes of at least 4 members (excludes halogenated alkanes) is 1. The van der Waals surface area contributed by atoms with Gasteiger partial charge in [-0.25, -0.2) is 52.7 Å². The fraction of sp³-hybridized carbons (Fsp3) is 0.143. The number of rotatable bonds is 5. The molecule has 0 bridgehead atoms. The summed E-state index contributed by atoms with van der Waals surface area (Å²) in [4.78, 5) is 0.181. The maximum atomic E-state index is 15.8. The zero-order chi connectivity index (χ0) is 30.1. The van der Waals surface area contributed by atoms with Crippen molar-refractivity contribution in [2.45, 2.75) is 19.8 Å². The van der Waals surface area contributed by atoms with Crippen molar-refractivity contribution in [3.63, 3.8) is 0 Å². The van der Waals surface area contributed by atoms with Crippen LogP contribution >= 0.6 is 0 Å². The summed E-state index contributed by atoms with van der Waals surface area (Å²) < 4.78 is 178. The van der Waals surface area contributed by atoms with Gasteiger partial charge in [-0.3, -0.25) is 0 Å². The van der Waals surface area contributed by atoms with Gasteiger partial charge in [-0.05, 0) is 23.9 Å². The van der Waals surface area contributed by atoms with Crippen LogP contribution in [0.3, 0.4) is 0 Å². The first-order valence-corrected chi connectivity index (χ1v) is 11.8. The van der Waals surface area contributed by atoms with Crippen molar-refractivity contribution >= 4 is 43.7 Å². The van der Waals surface area contributed by atoms with Crippen molar-refractivity contribution in [3.05, 3.63) is 94.1 Å². The van der Waals surface area contributed by atoms with Crippen LogP contribution in [0.2, 0.25) is 0 Å². The summed E-state index contributed by atoms with van der Waals surface area (Å²) in [5.41, 5.74) is -3.00. The van der Waals surface area contributed by atoms with Gasteiger partial charge in [0.1, 0.15) is 17.3 Å². The summed E-state index contributed by atoms with van der Waals surface area (Å²) in [7, 11) is 0. The van der Waals surface area contributed by atoms with Gasteiger partial charge in [-0.15, -0.1) is 0 Å². The third-order valence-electron chi connectivity index (χ3n) is 6.71. The Morgan fingerprint density at radius 1 is 0.512 bits per heavy atom. The van der Waals surface area contributed by atoms with Crippen molar-refractivity contribution in [3.8, 4) is 0 Å². The predicted molar refractivity (Wildman–Crippen MR) is 127 cm³/mol. The van der Waals surface area contributed by atoms with Crippen LogP contribution < -0.4 is 4.90 Å². The van der Waals surface area contributed by atoms with Crippen LogP contribution in [0.15, 0.2) is 24.3 Å². The third kappa shape index (κ3) is 3.96. The number of nitrogens with zero attached hydrogens (tertiary/aromatic N) is 1. The Hall–Kier alpha value is -4.16. The molecule has 0 aliphatic carbocycles. The van der Waals surface area contributed by atoms with Gasteiger partial charge in [0.15, 0.2) is 58.2 Å². The van der Waals surface area contributed by atoms with E-state index in [1.54, 1.807) is 0 Å². The lowest BCUT2D eigenvalue weighted by Gasteiger charge is -2.29. The van der Waals surface area contributed by atoms with E-state index >= 15 is 22.0 Å². The summed E-state index contributed by atoms with van der Waals surface area (Å²) >= 11 is 0. The van der Waals surface area contributed by atoms with Crippen LogP contribution in [0.1, 0.15) is 19.8 Å². The maximum Gasteiger partial charge on any atom is 0.198 e. The molecule has 0 atom stereocenters. The normalized spacial score (nSPS) is 11.8. The second-order valence-electron chi connectivity index (χ2n) is 9.04. The van der Waals surface area contributed by atoms with Gasteiger partial charge in [0.2, 0.25) is 0 Å². The van der Waals surface area contributed by atoms with E-state index in [2.05, 4.69) is 0 Å². The van der Waals surface area contributed by atoms with E-state index in [1.807, 2.05) is 0 Å². The Balaban J connectivity index is 1.99. The quantitative estimate of drug-likeness (QED) is 0.0852. The Morgan fingerprint density at radius 3 is 1.63 bits per heavy atom. The van der Waals surface area contributed by atoms with E-state index < -0.39 is 115 Å². The molecule has 5 aromatic rings. The van der Waals surface area contributed by atoms with Crippen molar-refractivity contribution in [1.82, 2.24) is 0 Å². The van der Waals surface area contributed by atoms with Gasteiger partial charge in [-0.2, -0.15) is 0 Å². The molecule has 13 heteroatoms. The van der Waals surface area contributed by atoms with Crippen molar-refractivity contribution in [2.24, 2.45) is 0 Å². The smallest absolute Gasteiger partial charge is 0.198 e. The monoisotopic (exact) mass is 591 g/mol. The molecule has 0 aliphatic heterocycles. The lowest BCUT2D eigenvalue weighted by molar-refractivity contribution is 0.412. The molecule has 5 aromatic carbocycles. The number of halogens is 12. The average molecular weight is 591 g/mol. The second kappa shape index (κ2) is 10.0. The first-order valence-electron chi connectivity index (χ1n) is 11.8. The van der Waals surface area contributed by atoms with Crippen LogP contribution in [0.4, 0.5) is 64.1 Å². The molecule has 0 fully saturated rings. The number of anilines is 2. The number of fused-ring (bicyclic) bond motifs is 3. The molecule has 0 saturated heterocycles. The van der Waals surface area contributed by atoms with E-state index in [1.165, 1.54) is 6.92 Å². The molecule has 0 spiro atoms. The lowest BCUT2D eigenvalue weighted by Crippen LogP contribution is -2.24. The molecule has 0 heterocycles. The largest absolute Gasteiger partial charge is 0.334 e. The fourth-order valence-corrected chi connectivity index (χ4v) is 4.82. The van der Waals surface area contributed by atoms with E-state index in [-0.39, 0.29) is 23.1 Å². The molecule has 5 rings (SSSR count).